The highest BCUT2D eigenvalue weighted by Crippen LogP contribution is 2.31. The second-order valence-corrected chi connectivity index (χ2v) is 5.99. The second-order valence-electron chi connectivity index (χ2n) is 5.99. The first kappa shape index (κ1) is 12.4. The van der Waals surface area contributed by atoms with Crippen LogP contribution in [0.15, 0.2) is 0 Å². The van der Waals surface area contributed by atoms with Crippen molar-refractivity contribution in [2.45, 2.75) is 44.2 Å². The second kappa shape index (κ2) is 5.17. The van der Waals surface area contributed by atoms with Crippen LogP contribution in [0.5, 0.6) is 0 Å². The molecular formula is C14H24N2O2. The lowest BCUT2D eigenvalue weighted by molar-refractivity contribution is -0.137. The van der Waals surface area contributed by atoms with Gasteiger partial charge in [-0.1, -0.05) is 0 Å². The van der Waals surface area contributed by atoms with Gasteiger partial charge in [0.15, 0.2) is 0 Å². The van der Waals surface area contributed by atoms with Crippen LogP contribution in [-0.4, -0.2) is 61.1 Å². The average molecular weight is 252 g/mol. The Labute approximate surface area is 109 Å². The van der Waals surface area contributed by atoms with Crippen molar-refractivity contribution in [3.63, 3.8) is 0 Å². The van der Waals surface area contributed by atoms with Crippen LogP contribution in [0, 0.1) is 5.92 Å². The third-order valence-electron chi connectivity index (χ3n) is 4.88. The van der Waals surface area contributed by atoms with Crippen LogP contribution in [0.2, 0.25) is 0 Å². The number of ether oxygens (including phenoxy) is 1. The molecule has 3 rings (SSSR count). The molecule has 102 valence electrons. The van der Waals surface area contributed by atoms with E-state index in [1.54, 1.807) is 0 Å². The van der Waals surface area contributed by atoms with Gasteiger partial charge in [0.05, 0.1) is 12.5 Å². The molecule has 3 heterocycles. The Hall–Kier alpha value is -0.610. The van der Waals surface area contributed by atoms with Crippen molar-refractivity contribution in [3.05, 3.63) is 0 Å². The summed E-state index contributed by atoms with van der Waals surface area (Å²) in [6.45, 7) is 3.56. The Kier molecular flexibility index (Phi) is 3.57. The van der Waals surface area contributed by atoms with Crippen LogP contribution in [0.4, 0.5) is 0 Å². The Morgan fingerprint density at radius 2 is 1.89 bits per heavy atom. The molecule has 0 aliphatic carbocycles. The lowest BCUT2D eigenvalue weighted by Crippen LogP contribution is -2.49. The first-order valence-electron chi connectivity index (χ1n) is 7.36. The minimum atomic E-state index is 0.136. The molecule has 0 spiro atoms. The van der Waals surface area contributed by atoms with E-state index < -0.39 is 0 Å². The minimum absolute atomic E-state index is 0.136. The predicted octanol–water partition coefficient (Wildman–Crippen LogP) is 1.11. The molecule has 1 amide bonds. The number of rotatable bonds is 2. The van der Waals surface area contributed by atoms with E-state index in [9.17, 15) is 4.79 Å². The molecule has 0 radical (unpaired) electrons. The summed E-state index contributed by atoms with van der Waals surface area (Å²) in [7, 11) is 2.21. The van der Waals surface area contributed by atoms with Crippen LogP contribution in [0.1, 0.15) is 32.1 Å². The van der Waals surface area contributed by atoms with Crippen molar-refractivity contribution in [3.8, 4) is 0 Å². The van der Waals surface area contributed by atoms with Crippen molar-refractivity contribution in [1.29, 1.82) is 0 Å². The fraction of sp³-hybridized carbons (Fsp3) is 0.929. The number of carbonyl (C=O) groups excluding carboxylic acids is 1. The van der Waals surface area contributed by atoms with Gasteiger partial charge in [0.2, 0.25) is 5.91 Å². The zero-order valence-electron chi connectivity index (χ0n) is 11.3. The first-order chi connectivity index (χ1) is 8.77. The average Bonchev–Trinajstić information content (AvgIpc) is 3.09. The van der Waals surface area contributed by atoms with Crippen LogP contribution in [0.25, 0.3) is 0 Å². The summed E-state index contributed by atoms with van der Waals surface area (Å²) in [6, 6.07) is 1.06. The third kappa shape index (κ3) is 2.16. The Balaban J connectivity index is 1.68. The van der Waals surface area contributed by atoms with Gasteiger partial charge in [0.1, 0.15) is 0 Å². The normalized spacial score (nSPS) is 37.6. The van der Waals surface area contributed by atoms with Crippen LogP contribution in [0.3, 0.4) is 0 Å². The van der Waals surface area contributed by atoms with Gasteiger partial charge in [-0.05, 0) is 45.7 Å². The van der Waals surface area contributed by atoms with E-state index in [1.165, 1.54) is 32.2 Å². The topological polar surface area (TPSA) is 32.8 Å². The van der Waals surface area contributed by atoms with Crippen molar-refractivity contribution < 1.29 is 9.53 Å². The number of nitrogens with zero attached hydrogens (tertiary/aromatic N) is 2. The molecule has 3 aliphatic rings. The molecule has 0 saturated carbocycles. The van der Waals surface area contributed by atoms with Crippen LogP contribution >= 0.6 is 0 Å². The summed E-state index contributed by atoms with van der Waals surface area (Å²) in [6.07, 6.45) is 5.82. The van der Waals surface area contributed by atoms with E-state index in [2.05, 4.69) is 16.8 Å². The molecule has 3 atom stereocenters. The maximum Gasteiger partial charge on any atom is 0.228 e. The first-order valence-corrected chi connectivity index (χ1v) is 7.36. The van der Waals surface area contributed by atoms with Crippen molar-refractivity contribution in [2.75, 3.05) is 33.4 Å². The Bertz CT molecular complexity index is 315. The standard InChI is InChI=1S/C14H24N2O2/c1-15-7-2-4-12(15)13-5-3-8-16(13)14(17)11-6-9-18-10-11/h11-13H,2-10H2,1H3/t11-,12-,13-/m1/s1. The van der Waals surface area contributed by atoms with Crippen LogP contribution < -0.4 is 0 Å². The van der Waals surface area contributed by atoms with Crippen molar-refractivity contribution >= 4 is 5.91 Å². The largest absolute Gasteiger partial charge is 0.381 e. The molecule has 0 aromatic carbocycles. The highest BCUT2D eigenvalue weighted by Gasteiger charge is 2.40. The molecule has 3 aliphatic heterocycles. The van der Waals surface area contributed by atoms with Gasteiger partial charge in [-0.25, -0.2) is 0 Å². The molecule has 0 aromatic heterocycles. The number of carbonyl (C=O) groups is 1. The zero-order valence-corrected chi connectivity index (χ0v) is 11.3. The van der Waals surface area contributed by atoms with Gasteiger partial charge in [-0.3, -0.25) is 4.79 Å². The summed E-state index contributed by atoms with van der Waals surface area (Å²) in [4.78, 5) is 17.2. The molecular weight excluding hydrogens is 228 g/mol. The molecule has 3 fully saturated rings. The Morgan fingerprint density at radius 3 is 2.56 bits per heavy atom. The minimum Gasteiger partial charge on any atom is -0.381 e. The number of likely N-dealkylation sites (N-methyl/N-ethyl adjacent to an activating group) is 1. The van der Waals surface area contributed by atoms with E-state index in [0.717, 1.165) is 19.6 Å². The smallest absolute Gasteiger partial charge is 0.228 e. The van der Waals surface area contributed by atoms with Crippen molar-refractivity contribution in [2.24, 2.45) is 5.92 Å². The summed E-state index contributed by atoms with van der Waals surface area (Å²) in [5, 5.41) is 0. The van der Waals surface area contributed by atoms with E-state index in [4.69, 9.17) is 4.74 Å². The quantitative estimate of drug-likeness (QED) is 0.738. The lowest BCUT2D eigenvalue weighted by Gasteiger charge is -2.34. The summed E-state index contributed by atoms with van der Waals surface area (Å²) in [5.74, 6) is 0.493. The third-order valence-corrected chi connectivity index (χ3v) is 4.88. The Morgan fingerprint density at radius 1 is 1.11 bits per heavy atom. The lowest BCUT2D eigenvalue weighted by atomic mass is 10.0. The number of amides is 1. The van der Waals surface area contributed by atoms with Gasteiger partial charge in [0.25, 0.3) is 0 Å². The van der Waals surface area contributed by atoms with E-state index in [-0.39, 0.29) is 5.92 Å². The zero-order chi connectivity index (χ0) is 12.5. The van der Waals surface area contributed by atoms with Crippen LogP contribution in [-0.2, 0) is 9.53 Å². The molecule has 0 N–H and O–H groups in total. The molecule has 18 heavy (non-hydrogen) atoms. The monoisotopic (exact) mass is 252 g/mol. The molecule has 4 nitrogen and oxygen atoms in total. The van der Waals surface area contributed by atoms with Crippen molar-refractivity contribution in [1.82, 2.24) is 9.80 Å². The summed E-state index contributed by atoms with van der Waals surface area (Å²) >= 11 is 0. The SMILES string of the molecule is CN1CCC[C@@H]1[C@H]1CCCN1C(=O)[C@@H]1CCOC1. The van der Waals surface area contributed by atoms with Gasteiger partial charge in [-0.15, -0.1) is 0 Å². The maximum absolute atomic E-state index is 12.5. The highest BCUT2D eigenvalue weighted by molar-refractivity contribution is 5.80. The molecule has 0 unspecified atom stereocenters. The number of likely N-dealkylation sites (tertiary alicyclic amines) is 2. The summed E-state index contributed by atoms with van der Waals surface area (Å²) < 4.78 is 5.36. The molecule has 0 aromatic rings. The van der Waals surface area contributed by atoms with E-state index in [1.807, 2.05) is 0 Å². The maximum atomic E-state index is 12.5. The highest BCUT2D eigenvalue weighted by atomic mass is 16.5. The fourth-order valence-electron chi connectivity index (χ4n) is 3.85. The van der Waals surface area contributed by atoms with E-state index >= 15 is 0 Å². The summed E-state index contributed by atoms with van der Waals surface area (Å²) in [5.41, 5.74) is 0. The number of hydrogen-bond donors (Lipinski definition) is 0. The van der Waals surface area contributed by atoms with Gasteiger partial charge < -0.3 is 14.5 Å². The van der Waals surface area contributed by atoms with Gasteiger partial charge in [-0.2, -0.15) is 0 Å². The van der Waals surface area contributed by atoms with Gasteiger partial charge in [0, 0.05) is 25.2 Å². The molecule has 4 heteroatoms. The molecule has 3 saturated heterocycles. The number of hydrogen-bond acceptors (Lipinski definition) is 3. The van der Waals surface area contributed by atoms with E-state index in [0.29, 0.717) is 24.6 Å². The molecule has 0 bridgehead atoms. The van der Waals surface area contributed by atoms with Gasteiger partial charge >= 0.3 is 0 Å². The fourth-order valence-corrected chi connectivity index (χ4v) is 3.85. The predicted molar refractivity (Wildman–Crippen MR) is 69.3 cm³/mol.